The maximum atomic E-state index is 12.8. The van der Waals surface area contributed by atoms with Crippen molar-refractivity contribution in [1.82, 2.24) is 15.1 Å². The Morgan fingerprint density at radius 3 is 2.71 bits per heavy atom. The maximum Gasteiger partial charge on any atom is 0.255 e. The monoisotopic (exact) mass is 435 g/mol. The summed E-state index contributed by atoms with van der Waals surface area (Å²) in [5, 5.41) is 6.79. The number of nitrogens with one attached hydrogen (secondary N) is 1. The lowest BCUT2D eigenvalue weighted by molar-refractivity contribution is -0.136. The number of piperidine rings is 1. The van der Waals surface area contributed by atoms with Crippen LogP contribution in [0.25, 0.3) is 5.57 Å². The van der Waals surface area contributed by atoms with E-state index in [1.54, 1.807) is 16.2 Å². The number of aryl methyl sites for hydroxylation is 1. The lowest BCUT2D eigenvalue weighted by Gasteiger charge is -2.29. The Labute approximate surface area is 185 Å². The molecule has 0 saturated carbocycles. The lowest BCUT2D eigenvalue weighted by atomic mass is 9.98. The molecule has 6 nitrogen and oxygen atoms in total. The van der Waals surface area contributed by atoms with Crippen molar-refractivity contribution in [3.63, 3.8) is 0 Å². The summed E-state index contributed by atoms with van der Waals surface area (Å²) in [6, 6.07) is 5.44. The first-order valence-electron chi connectivity index (χ1n) is 10.7. The summed E-state index contributed by atoms with van der Waals surface area (Å²) >= 11 is 1.76. The molecule has 31 heavy (non-hydrogen) atoms. The largest absolute Gasteiger partial charge is 0.322 e. The molecule has 1 atom stereocenters. The van der Waals surface area contributed by atoms with Crippen LogP contribution >= 0.6 is 11.3 Å². The number of carbonyl (C=O) groups excluding carboxylic acids is 3. The van der Waals surface area contributed by atoms with Crippen molar-refractivity contribution in [3.05, 3.63) is 62.9 Å². The van der Waals surface area contributed by atoms with Gasteiger partial charge in [-0.25, -0.2) is 0 Å². The Bertz CT molecular complexity index is 1100. The minimum atomic E-state index is -0.563. The number of fused-ring (bicyclic) bond motifs is 1. The van der Waals surface area contributed by atoms with Gasteiger partial charge in [-0.3, -0.25) is 24.6 Å². The molecule has 160 valence electrons. The second-order valence-electron chi connectivity index (χ2n) is 8.57. The smallest absolute Gasteiger partial charge is 0.255 e. The van der Waals surface area contributed by atoms with Crippen molar-refractivity contribution in [2.45, 2.75) is 45.3 Å². The summed E-state index contributed by atoms with van der Waals surface area (Å²) < 4.78 is 0. The minimum absolute atomic E-state index is 0.118. The van der Waals surface area contributed by atoms with Crippen LogP contribution in [0.2, 0.25) is 0 Å². The predicted molar refractivity (Wildman–Crippen MR) is 119 cm³/mol. The van der Waals surface area contributed by atoms with E-state index in [0.717, 1.165) is 31.6 Å². The molecule has 5 rings (SSSR count). The highest BCUT2D eigenvalue weighted by molar-refractivity contribution is 7.08. The summed E-state index contributed by atoms with van der Waals surface area (Å²) in [6.45, 7) is 5.37. The Morgan fingerprint density at radius 1 is 1.13 bits per heavy atom. The van der Waals surface area contributed by atoms with E-state index >= 15 is 0 Å². The average molecular weight is 436 g/mol. The lowest BCUT2D eigenvalue weighted by Crippen LogP contribution is -2.52. The number of thiophene rings is 1. The van der Waals surface area contributed by atoms with Crippen LogP contribution in [-0.4, -0.2) is 46.7 Å². The van der Waals surface area contributed by atoms with Gasteiger partial charge < -0.3 is 4.90 Å². The van der Waals surface area contributed by atoms with Crippen molar-refractivity contribution in [2.75, 3.05) is 13.1 Å². The summed E-state index contributed by atoms with van der Waals surface area (Å²) in [4.78, 5) is 40.5. The molecule has 0 radical (unpaired) electrons. The van der Waals surface area contributed by atoms with E-state index in [-0.39, 0.29) is 24.1 Å². The molecule has 1 N–H and O–H groups in total. The van der Waals surface area contributed by atoms with Gasteiger partial charge in [-0.1, -0.05) is 18.2 Å². The number of rotatable bonds is 4. The van der Waals surface area contributed by atoms with Crippen molar-refractivity contribution in [3.8, 4) is 0 Å². The van der Waals surface area contributed by atoms with Gasteiger partial charge in [-0.15, -0.1) is 0 Å². The molecule has 4 heterocycles. The van der Waals surface area contributed by atoms with Crippen LogP contribution in [0, 0.1) is 6.92 Å². The zero-order valence-corrected chi connectivity index (χ0v) is 18.3. The van der Waals surface area contributed by atoms with E-state index in [9.17, 15) is 14.4 Å². The highest BCUT2D eigenvalue weighted by atomic mass is 32.1. The number of hydrogen-bond acceptors (Lipinski definition) is 5. The number of amides is 3. The number of imide groups is 1. The van der Waals surface area contributed by atoms with Crippen molar-refractivity contribution in [1.29, 1.82) is 0 Å². The van der Waals surface area contributed by atoms with E-state index in [1.165, 1.54) is 22.3 Å². The fourth-order valence-electron chi connectivity index (χ4n) is 4.77. The molecular weight excluding hydrogens is 410 g/mol. The summed E-state index contributed by atoms with van der Waals surface area (Å²) in [7, 11) is 0. The van der Waals surface area contributed by atoms with Crippen molar-refractivity contribution < 1.29 is 14.4 Å². The molecular formula is C24H25N3O3S. The first kappa shape index (κ1) is 20.2. The predicted octanol–water partition coefficient (Wildman–Crippen LogP) is 3.11. The van der Waals surface area contributed by atoms with Gasteiger partial charge in [0.15, 0.2) is 0 Å². The van der Waals surface area contributed by atoms with Crippen LogP contribution in [0.3, 0.4) is 0 Å². The van der Waals surface area contributed by atoms with Gasteiger partial charge in [0, 0.05) is 38.2 Å². The van der Waals surface area contributed by atoms with Crippen molar-refractivity contribution >= 4 is 34.6 Å². The highest BCUT2D eigenvalue weighted by Crippen LogP contribution is 2.30. The molecule has 1 aromatic heterocycles. The molecule has 0 spiro atoms. The third-order valence-corrected chi connectivity index (χ3v) is 7.35. The minimum Gasteiger partial charge on any atom is -0.322 e. The van der Waals surface area contributed by atoms with E-state index in [0.29, 0.717) is 18.5 Å². The quantitative estimate of drug-likeness (QED) is 0.750. The third-order valence-electron chi connectivity index (χ3n) is 6.49. The molecule has 3 amide bonds. The molecule has 2 aromatic rings. The van der Waals surface area contributed by atoms with E-state index in [4.69, 9.17) is 0 Å². The van der Waals surface area contributed by atoms with Gasteiger partial charge in [0.25, 0.3) is 5.91 Å². The molecule has 1 fully saturated rings. The zero-order chi connectivity index (χ0) is 21.5. The molecule has 0 bridgehead atoms. The number of benzene rings is 1. The third kappa shape index (κ3) is 3.83. The molecule has 3 aliphatic heterocycles. The molecule has 1 unspecified atom stereocenters. The Balaban J connectivity index is 1.26. The standard InChI is InChI=1S/C24H25N3O3S/c1-15-13-31-14-20(15)17-6-8-26(9-7-17)11-16-2-3-19-18(10-16)12-27(24(19)30)21-4-5-22(28)25-23(21)29/h2-3,6,10,13-14,21H,4-5,7-9,11-12H2,1H3,(H,25,28,29). The van der Waals surface area contributed by atoms with Crippen LogP contribution in [0.1, 0.15) is 51.9 Å². The second kappa shape index (κ2) is 8.05. The summed E-state index contributed by atoms with van der Waals surface area (Å²) in [5.41, 5.74) is 6.99. The van der Waals surface area contributed by atoms with Gasteiger partial charge in [0.2, 0.25) is 11.8 Å². The fourth-order valence-corrected chi connectivity index (χ4v) is 5.65. The zero-order valence-electron chi connectivity index (χ0n) is 17.5. The van der Waals surface area contributed by atoms with E-state index in [1.807, 2.05) is 12.1 Å². The first-order chi connectivity index (χ1) is 15.0. The second-order valence-corrected chi connectivity index (χ2v) is 9.32. The summed E-state index contributed by atoms with van der Waals surface area (Å²) in [6.07, 6.45) is 4.05. The first-order valence-corrected chi connectivity index (χ1v) is 11.6. The average Bonchev–Trinajstić information content (AvgIpc) is 3.32. The number of carbonyl (C=O) groups is 3. The van der Waals surface area contributed by atoms with Gasteiger partial charge in [-0.05, 0) is 64.4 Å². The topological polar surface area (TPSA) is 69.7 Å². The van der Waals surface area contributed by atoms with Gasteiger partial charge in [0.1, 0.15) is 6.04 Å². The molecule has 3 aliphatic rings. The Kier molecular flexibility index (Phi) is 5.24. The molecule has 0 aliphatic carbocycles. The van der Waals surface area contributed by atoms with Crippen LogP contribution in [0.5, 0.6) is 0 Å². The van der Waals surface area contributed by atoms with Gasteiger partial charge in [0.05, 0.1) is 0 Å². The number of nitrogens with zero attached hydrogens (tertiary/aromatic N) is 2. The highest BCUT2D eigenvalue weighted by Gasteiger charge is 2.39. The normalized spacial score (nSPS) is 21.8. The van der Waals surface area contributed by atoms with Gasteiger partial charge >= 0.3 is 0 Å². The Hall–Kier alpha value is -2.77. The molecule has 7 heteroatoms. The molecule has 1 saturated heterocycles. The number of hydrogen-bond donors (Lipinski definition) is 1. The molecule has 1 aromatic carbocycles. The SMILES string of the molecule is Cc1cscc1C1=CCN(Cc2ccc3c(c2)CN(C2CCC(=O)NC2=O)C3=O)CC1. The van der Waals surface area contributed by atoms with Crippen LogP contribution < -0.4 is 5.32 Å². The van der Waals surface area contributed by atoms with Crippen LogP contribution in [0.15, 0.2) is 35.0 Å². The Morgan fingerprint density at radius 2 is 2.00 bits per heavy atom. The maximum absolute atomic E-state index is 12.8. The van der Waals surface area contributed by atoms with E-state index in [2.05, 4.69) is 40.0 Å². The van der Waals surface area contributed by atoms with E-state index < -0.39 is 6.04 Å². The van der Waals surface area contributed by atoms with Crippen molar-refractivity contribution in [2.24, 2.45) is 0 Å². The van der Waals surface area contributed by atoms with Crippen LogP contribution in [-0.2, 0) is 22.7 Å². The van der Waals surface area contributed by atoms with Crippen LogP contribution in [0.4, 0.5) is 0 Å². The van der Waals surface area contributed by atoms with Gasteiger partial charge in [-0.2, -0.15) is 11.3 Å². The fraction of sp³-hybridized carbons (Fsp3) is 0.375. The summed E-state index contributed by atoms with van der Waals surface area (Å²) in [5.74, 6) is -0.747.